The van der Waals surface area contributed by atoms with E-state index in [1.165, 1.54) is 36.4 Å². The topological polar surface area (TPSA) is 201 Å². The first-order valence-corrected chi connectivity index (χ1v) is 13.2. The second kappa shape index (κ2) is 10.5. The highest BCUT2D eigenvalue weighted by Gasteiger charge is 2.25. The molecule has 2 aromatic carbocycles. The summed E-state index contributed by atoms with van der Waals surface area (Å²) in [5, 5.41) is 5.73. The predicted octanol–water partition coefficient (Wildman–Crippen LogP) is -1.54. The van der Waals surface area contributed by atoms with Crippen molar-refractivity contribution >= 4 is 26.8 Å². The lowest BCUT2D eigenvalue weighted by Crippen LogP contribution is -2.68. The van der Waals surface area contributed by atoms with E-state index in [0.717, 1.165) is 17.0 Å². The highest BCUT2D eigenvalue weighted by atomic mass is 35.7. The Labute approximate surface area is 213 Å². The van der Waals surface area contributed by atoms with Crippen LogP contribution in [0.5, 0.6) is 0 Å². The molecule has 0 bridgehead atoms. The zero-order valence-corrected chi connectivity index (χ0v) is 21.3. The van der Waals surface area contributed by atoms with E-state index in [9.17, 15) is 17.6 Å². The Morgan fingerprint density at radius 2 is 1.59 bits per heavy atom. The first kappa shape index (κ1) is 28.1. The summed E-state index contributed by atoms with van der Waals surface area (Å²) in [4.78, 5) is 16.3. The molecule has 0 saturated heterocycles. The van der Waals surface area contributed by atoms with Gasteiger partial charge in [0.2, 0.25) is 21.4 Å². The molecule has 196 valence electrons. The zero-order chi connectivity index (χ0) is 27.7. The number of carbonyl (C=O) groups is 1. The average molecular weight is 553 g/mol. The molecule has 0 saturated carbocycles. The third kappa shape index (κ3) is 7.08. The van der Waals surface area contributed by atoms with Gasteiger partial charge in [-0.15, -0.1) is 15.7 Å². The number of rotatable bonds is 4. The summed E-state index contributed by atoms with van der Waals surface area (Å²) in [7, 11) is -8.91. The Morgan fingerprint density at radius 1 is 1.00 bits per heavy atom. The molecule has 11 nitrogen and oxygen atoms in total. The van der Waals surface area contributed by atoms with Crippen LogP contribution in [0.3, 0.4) is 0 Å². The van der Waals surface area contributed by atoms with Crippen molar-refractivity contribution < 1.29 is 51.2 Å². The fourth-order valence-corrected chi connectivity index (χ4v) is 4.44. The van der Waals surface area contributed by atoms with E-state index < -0.39 is 32.0 Å². The lowest BCUT2D eigenvalue weighted by atomic mass is 10.0. The van der Waals surface area contributed by atoms with Gasteiger partial charge in [-0.05, 0) is 48.4 Å². The van der Waals surface area contributed by atoms with Gasteiger partial charge in [0, 0.05) is 42.4 Å². The van der Waals surface area contributed by atoms with Crippen molar-refractivity contribution in [2.75, 3.05) is 5.43 Å². The van der Waals surface area contributed by atoms with Gasteiger partial charge in [-0.1, -0.05) is 16.8 Å². The van der Waals surface area contributed by atoms with E-state index in [0.29, 0.717) is 22.0 Å². The molecule has 14 heteroatoms. The van der Waals surface area contributed by atoms with E-state index in [4.69, 9.17) is 23.8 Å². The normalized spacial score (nSPS) is 11.7. The summed E-state index contributed by atoms with van der Waals surface area (Å²) in [5.41, 5.74) is 7.08. The Kier molecular flexibility index (Phi) is 8.00. The van der Waals surface area contributed by atoms with Crippen LogP contribution in [0.25, 0.3) is 22.0 Å². The molecule has 0 spiro atoms. The minimum atomic E-state index is -4.94. The molecular weight excluding hydrogens is 531 g/mol. The second-order valence-electron chi connectivity index (χ2n) is 8.11. The third-order valence-electron chi connectivity index (χ3n) is 5.23. The molecule has 2 aromatic heterocycles. The maximum Gasteiger partial charge on any atom is 0.322 e. The maximum atomic E-state index is 14.0. The maximum absolute atomic E-state index is 14.0. The number of aromatic amines is 1. The molecule has 0 aliphatic rings. The van der Waals surface area contributed by atoms with E-state index in [-0.39, 0.29) is 10.6 Å². The molecule has 37 heavy (non-hydrogen) atoms. The zero-order valence-electron chi connectivity index (χ0n) is 19.7. The van der Waals surface area contributed by atoms with E-state index in [1.807, 2.05) is 32.9 Å². The van der Waals surface area contributed by atoms with Crippen molar-refractivity contribution in [3.63, 3.8) is 0 Å². The van der Waals surface area contributed by atoms with Gasteiger partial charge in [-0.25, -0.2) is 36.6 Å². The van der Waals surface area contributed by atoms with Crippen LogP contribution in [0.4, 0.5) is 4.39 Å². The minimum absolute atomic E-state index is 0.104. The van der Waals surface area contributed by atoms with Gasteiger partial charge in [0.25, 0.3) is 0 Å². The number of nitrogens with one attached hydrogen (secondary N) is 2. The van der Waals surface area contributed by atoms with Gasteiger partial charge in [0.1, 0.15) is 11.5 Å². The SMILES string of the molecule is Cc1cc(C)[n+](NC(=O)c2[nH]c3ccc(S(N)(=O)=O)cc3c2-c2cccc(F)c2)c(C)c1.[O-][Cl+3]([O-])([O-])[O-]. The van der Waals surface area contributed by atoms with Crippen LogP contribution < -0.4 is 33.9 Å². The summed E-state index contributed by atoms with van der Waals surface area (Å²) in [6.07, 6.45) is 0. The third-order valence-corrected chi connectivity index (χ3v) is 6.14. The monoisotopic (exact) mass is 552 g/mol. The number of primary sulfonamides is 1. The number of aryl methyl sites for hydroxylation is 3. The lowest BCUT2D eigenvalue weighted by Gasteiger charge is -2.17. The molecule has 0 radical (unpaired) electrons. The van der Waals surface area contributed by atoms with Crippen molar-refractivity contribution in [1.29, 1.82) is 0 Å². The van der Waals surface area contributed by atoms with E-state index >= 15 is 0 Å². The molecule has 1 amide bonds. The Balaban J connectivity index is 0.000000695. The van der Waals surface area contributed by atoms with E-state index in [1.54, 1.807) is 10.7 Å². The predicted molar refractivity (Wildman–Crippen MR) is 120 cm³/mol. The van der Waals surface area contributed by atoms with Crippen LogP contribution in [-0.4, -0.2) is 19.3 Å². The van der Waals surface area contributed by atoms with Gasteiger partial charge < -0.3 is 4.98 Å². The molecule has 0 unspecified atom stereocenters. The first-order chi connectivity index (χ1) is 17.0. The van der Waals surface area contributed by atoms with Crippen molar-refractivity contribution in [3.8, 4) is 11.1 Å². The Hall–Kier alpha value is -3.43. The highest BCUT2D eigenvalue weighted by Crippen LogP contribution is 2.34. The standard InChI is InChI=1S/C23H21FN4O3S.ClHO4/c1-13-9-14(2)28(15(3)10-13)27-23(29)22-21(16-5-4-6-17(24)11-16)19-12-18(32(25,30)31)7-8-20(19)26-22;2-1(3,4)5/h4-12H,1-3H3,(H3-,25,26,27,29,30,31);(H,2,3,4,5). The molecule has 4 aromatic rings. The molecule has 4 rings (SSSR count). The summed E-state index contributed by atoms with van der Waals surface area (Å²) >= 11 is 0. The van der Waals surface area contributed by atoms with Crippen LogP contribution in [-0.2, 0) is 10.0 Å². The molecule has 2 heterocycles. The number of fused-ring (bicyclic) bond motifs is 1. The average Bonchev–Trinajstić information content (AvgIpc) is 3.13. The number of halogens is 2. The Bertz CT molecular complexity index is 1570. The van der Waals surface area contributed by atoms with Crippen molar-refractivity contribution in [1.82, 2.24) is 4.98 Å². The number of carbonyl (C=O) groups excluding carboxylic acids is 1. The molecular formula is C23H22ClFN4O7S. The quantitative estimate of drug-likeness (QED) is 0.254. The highest BCUT2D eigenvalue weighted by molar-refractivity contribution is 7.89. The minimum Gasteiger partial charge on any atom is -0.350 e. The number of H-pyrrole nitrogens is 1. The smallest absolute Gasteiger partial charge is 0.322 e. The van der Waals surface area contributed by atoms with Gasteiger partial charge in [-0.2, -0.15) is 0 Å². The van der Waals surface area contributed by atoms with Crippen LogP contribution in [0.1, 0.15) is 27.4 Å². The van der Waals surface area contributed by atoms with Gasteiger partial charge in [0.05, 0.1) is 4.90 Å². The largest absolute Gasteiger partial charge is 0.350 e. The molecule has 0 aliphatic heterocycles. The van der Waals surface area contributed by atoms with Crippen molar-refractivity contribution in [2.45, 2.75) is 25.7 Å². The number of nitrogens with two attached hydrogens (primary N) is 1. The fraction of sp³-hybridized carbons (Fsp3) is 0.130. The second-order valence-corrected chi connectivity index (χ2v) is 10.4. The fourth-order valence-electron chi connectivity index (χ4n) is 3.90. The van der Waals surface area contributed by atoms with Gasteiger partial charge >= 0.3 is 5.91 Å². The van der Waals surface area contributed by atoms with Crippen LogP contribution in [0.2, 0.25) is 0 Å². The van der Waals surface area contributed by atoms with Crippen LogP contribution >= 0.6 is 0 Å². The molecule has 4 N–H and O–H groups in total. The Morgan fingerprint density at radius 3 is 2.14 bits per heavy atom. The van der Waals surface area contributed by atoms with Crippen molar-refractivity contribution in [2.24, 2.45) is 5.14 Å². The number of benzene rings is 2. The van der Waals surface area contributed by atoms with E-state index in [2.05, 4.69) is 10.4 Å². The molecule has 0 fully saturated rings. The number of amides is 1. The summed E-state index contributed by atoms with van der Waals surface area (Å²) in [6, 6.07) is 13.9. The van der Waals surface area contributed by atoms with Crippen LogP contribution in [0.15, 0.2) is 59.5 Å². The summed E-state index contributed by atoms with van der Waals surface area (Å²) in [5.74, 6) is -0.942. The number of aromatic nitrogens is 2. The van der Waals surface area contributed by atoms with Gasteiger partial charge in [0.15, 0.2) is 0 Å². The number of hydrogen-bond donors (Lipinski definition) is 3. The van der Waals surface area contributed by atoms with Crippen LogP contribution in [0, 0.1) is 36.8 Å². The number of hydrogen-bond acceptors (Lipinski definition) is 7. The molecule has 0 atom stereocenters. The number of nitrogens with zero attached hydrogens (tertiary/aromatic N) is 1. The van der Waals surface area contributed by atoms with Crippen molar-refractivity contribution in [3.05, 3.63) is 83.1 Å². The first-order valence-electron chi connectivity index (χ1n) is 10.4. The summed E-state index contributed by atoms with van der Waals surface area (Å²) in [6.45, 7) is 5.71. The summed E-state index contributed by atoms with van der Waals surface area (Å²) < 4.78 is 73.4. The number of sulfonamides is 1. The lowest BCUT2D eigenvalue weighted by molar-refractivity contribution is -2.00. The molecule has 0 aliphatic carbocycles. The van der Waals surface area contributed by atoms with Gasteiger partial charge in [-0.3, -0.25) is 4.79 Å². The number of pyridine rings is 1.